The summed E-state index contributed by atoms with van der Waals surface area (Å²) in [6.07, 6.45) is -22.8. The molecule has 4 saturated heterocycles. The first kappa shape index (κ1) is 52.9. The number of allylic oxidation sites excluding steroid dienone is 1. The SMILES string of the molecule is CO[C@@H]1[C@@H](O)[C@H](O[C@H]2CC[C@@]3(C)C(=CCC4C3CC[C@@]3(C)C4C[C@@H](O[C@@H]4O[C@H](CO[C@@H]5O[C@H](CO[C@@H]6O[C@H](CO)[C@@H](O)[C@H](O)[C@H]6O)[C@@H](O)[C@H](O)[C@H]5O)[C@@H](O)[C@H](O)[C@H]4O)[C@@H]3C(C)=O)C2)O[C@H](C)[C@H]1O. The Labute approximate surface area is 394 Å². The van der Waals surface area contributed by atoms with Gasteiger partial charge in [0, 0.05) is 13.0 Å². The molecule has 8 aliphatic rings. The number of carbonyl (C=O) groups excluding carboxylic acids is 1. The van der Waals surface area contributed by atoms with E-state index in [-0.39, 0.29) is 29.1 Å². The minimum absolute atomic E-state index is 0.0492. The van der Waals surface area contributed by atoms with E-state index in [2.05, 4.69) is 19.9 Å². The van der Waals surface area contributed by atoms with Crippen molar-refractivity contribution in [2.24, 2.45) is 34.5 Å². The van der Waals surface area contributed by atoms with E-state index in [4.69, 9.17) is 42.6 Å². The first-order valence-corrected chi connectivity index (χ1v) is 24.1. The Hall–Kier alpha value is -1.43. The zero-order valence-electron chi connectivity index (χ0n) is 39.1. The summed E-state index contributed by atoms with van der Waals surface area (Å²) >= 11 is 0. The molecule has 7 fully saturated rings. The molecule has 0 amide bonds. The number of ketones is 1. The molecule has 0 aromatic heterocycles. The highest BCUT2D eigenvalue weighted by molar-refractivity contribution is 5.80. The molecule has 22 heteroatoms. The quantitative estimate of drug-likeness (QED) is 0.0796. The highest BCUT2D eigenvalue weighted by atomic mass is 16.7. The monoisotopic (exact) mass is 978 g/mol. The largest absolute Gasteiger partial charge is 0.394 e. The van der Waals surface area contributed by atoms with E-state index in [1.807, 2.05) is 0 Å². The molecule has 0 aromatic rings. The summed E-state index contributed by atoms with van der Waals surface area (Å²) in [6.45, 7) is 5.78. The molecule has 4 heterocycles. The maximum Gasteiger partial charge on any atom is 0.186 e. The van der Waals surface area contributed by atoms with Crippen LogP contribution in [0.15, 0.2) is 11.6 Å². The van der Waals surface area contributed by atoms with Crippen LogP contribution in [0.4, 0.5) is 0 Å². The minimum Gasteiger partial charge on any atom is -0.394 e. The predicted octanol–water partition coefficient (Wildman–Crippen LogP) is -3.54. The second-order valence-corrected chi connectivity index (χ2v) is 21.1. The number of hydrogen-bond acceptors (Lipinski definition) is 22. The Morgan fingerprint density at radius 2 is 1.21 bits per heavy atom. The Morgan fingerprint density at radius 3 is 1.78 bits per heavy atom. The number of Topliss-reactive ketones (excluding diaryl/α,β-unsaturated/α-hetero) is 1. The van der Waals surface area contributed by atoms with Crippen LogP contribution in [0.5, 0.6) is 0 Å². The van der Waals surface area contributed by atoms with Crippen LogP contribution in [0.1, 0.15) is 72.6 Å². The molecule has 390 valence electrons. The van der Waals surface area contributed by atoms with Gasteiger partial charge in [-0.25, -0.2) is 0 Å². The lowest BCUT2D eigenvalue weighted by atomic mass is 9.47. The molecule has 4 aliphatic heterocycles. The van der Waals surface area contributed by atoms with Crippen molar-refractivity contribution < 1.29 is 109 Å². The molecular weight excluding hydrogens is 904 g/mol. The minimum atomic E-state index is -1.85. The Morgan fingerprint density at radius 1 is 0.662 bits per heavy atom. The fourth-order valence-corrected chi connectivity index (χ4v) is 13.3. The summed E-state index contributed by atoms with van der Waals surface area (Å²) in [7, 11) is 1.44. The maximum atomic E-state index is 13.7. The van der Waals surface area contributed by atoms with Crippen molar-refractivity contribution in [2.45, 2.75) is 208 Å². The molecular formula is C46H74O22. The molecule has 3 saturated carbocycles. The lowest BCUT2D eigenvalue weighted by Crippen LogP contribution is -2.63. The van der Waals surface area contributed by atoms with Crippen molar-refractivity contribution in [1.29, 1.82) is 0 Å². The van der Waals surface area contributed by atoms with E-state index in [0.29, 0.717) is 18.8 Å². The fourth-order valence-electron chi connectivity index (χ4n) is 13.3. The number of aliphatic hydroxyl groups excluding tert-OH is 12. The van der Waals surface area contributed by atoms with Gasteiger partial charge >= 0.3 is 0 Å². The van der Waals surface area contributed by atoms with Crippen molar-refractivity contribution in [1.82, 2.24) is 0 Å². The van der Waals surface area contributed by atoms with Crippen LogP contribution in [0, 0.1) is 34.5 Å². The van der Waals surface area contributed by atoms with E-state index in [0.717, 1.165) is 32.1 Å². The van der Waals surface area contributed by atoms with E-state index in [1.54, 1.807) is 6.92 Å². The van der Waals surface area contributed by atoms with Crippen molar-refractivity contribution in [3.63, 3.8) is 0 Å². The molecule has 68 heavy (non-hydrogen) atoms. The van der Waals surface area contributed by atoms with Gasteiger partial charge in [0.05, 0.1) is 38.1 Å². The topological polar surface area (TPSA) is 343 Å². The average Bonchev–Trinajstić information content (AvgIpc) is 3.61. The lowest BCUT2D eigenvalue weighted by molar-refractivity contribution is -0.345. The zero-order chi connectivity index (χ0) is 49.3. The normalized spacial score (nSPS) is 54.0. The van der Waals surface area contributed by atoms with E-state index in [9.17, 15) is 66.1 Å². The van der Waals surface area contributed by atoms with Crippen LogP contribution < -0.4 is 0 Å². The van der Waals surface area contributed by atoms with Crippen LogP contribution in [-0.4, -0.2) is 229 Å². The number of rotatable bonds is 13. The smallest absolute Gasteiger partial charge is 0.186 e. The highest BCUT2D eigenvalue weighted by Gasteiger charge is 2.64. The van der Waals surface area contributed by atoms with Gasteiger partial charge in [0.2, 0.25) is 0 Å². The third-order valence-corrected chi connectivity index (χ3v) is 17.2. The first-order chi connectivity index (χ1) is 32.1. The molecule has 28 atom stereocenters. The van der Waals surface area contributed by atoms with E-state index in [1.165, 1.54) is 19.6 Å². The van der Waals surface area contributed by atoms with Gasteiger partial charge in [-0.1, -0.05) is 25.5 Å². The number of ether oxygens (including phenoxy) is 9. The van der Waals surface area contributed by atoms with Crippen molar-refractivity contribution >= 4 is 5.78 Å². The van der Waals surface area contributed by atoms with Crippen LogP contribution in [-0.2, 0) is 47.4 Å². The third kappa shape index (κ3) is 9.52. The van der Waals surface area contributed by atoms with Gasteiger partial charge in [-0.2, -0.15) is 0 Å². The molecule has 8 rings (SSSR count). The molecule has 4 aliphatic carbocycles. The second-order valence-electron chi connectivity index (χ2n) is 21.1. The Kier molecular flexibility index (Phi) is 16.2. The molecule has 0 spiro atoms. The molecule has 0 bridgehead atoms. The van der Waals surface area contributed by atoms with E-state index >= 15 is 0 Å². The number of methoxy groups -OCH3 is 1. The van der Waals surface area contributed by atoms with Gasteiger partial charge in [-0.05, 0) is 87.4 Å². The van der Waals surface area contributed by atoms with E-state index < -0.39 is 160 Å². The van der Waals surface area contributed by atoms with Crippen LogP contribution in [0.25, 0.3) is 0 Å². The highest BCUT2D eigenvalue weighted by Crippen LogP contribution is 2.67. The Bertz CT molecular complexity index is 1760. The molecule has 3 unspecified atom stereocenters. The number of aliphatic hydroxyl groups is 12. The van der Waals surface area contributed by atoms with Crippen molar-refractivity contribution in [3.8, 4) is 0 Å². The molecule has 0 radical (unpaired) electrons. The van der Waals surface area contributed by atoms with Crippen molar-refractivity contribution in [3.05, 3.63) is 11.6 Å². The average molecular weight is 979 g/mol. The van der Waals surface area contributed by atoms with Crippen LogP contribution in [0.2, 0.25) is 0 Å². The number of fused-ring (bicyclic) bond motifs is 5. The van der Waals surface area contributed by atoms with Gasteiger partial charge < -0.3 is 104 Å². The summed E-state index contributed by atoms with van der Waals surface area (Å²) in [5.41, 5.74) is 0.690. The fraction of sp³-hybridized carbons (Fsp3) is 0.935. The summed E-state index contributed by atoms with van der Waals surface area (Å²) in [5, 5.41) is 127. The van der Waals surface area contributed by atoms with Gasteiger partial charge in [0.15, 0.2) is 25.2 Å². The number of carbonyl (C=O) groups is 1. The van der Waals surface area contributed by atoms with Gasteiger partial charge in [0.1, 0.15) is 97.3 Å². The first-order valence-electron chi connectivity index (χ1n) is 24.1. The van der Waals surface area contributed by atoms with Gasteiger partial charge in [-0.15, -0.1) is 0 Å². The Balaban J connectivity index is 0.906. The number of hydrogen-bond donors (Lipinski definition) is 12. The lowest BCUT2D eigenvalue weighted by Gasteiger charge is -2.58. The standard InChI is InChI=1S/C46H74O22/c1-17(48)28-24(13-23-21-7-6-19-12-20(8-10-45(19,3)22(21)9-11-46(23,28)4)64-44-39(59)40(60-5)29(49)18(2)63-44)65-43-38(58)35(55)32(52)27(68-43)16-62-42-37(57)34(54)31(51)26(67-42)15-61-41-36(56)33(53)30(50)25(14-47)66-41/h6,18,20-44,47,49-59H,7-16H2,1-5H3/t18-,20+,21?,22?,23?,24-,25-,26-,27-,28+,29-,30-,31-,32-,33+,34+,35+,36-,37-,38-,39-,40+,41-,42-,43-,44+,45+,46+/m1/s1. The molecule has 22 nitrogen and oxygen atoms in total. The van der Waals surface area contributed by atoms with Gasteiger partial charge in [-0.3, -0.25) is 4.79 Å². The third-order valence-electron chi connectivity index (χ3n) is 17.2. The summed E-state index contributed by atoms with van der Waals surface area (Å²) in [4.78, 5) is 13.7. The molecule has 0 aromatic carbocycles. The van der Waals surface area contributed by atoms with Crippen LogP contribution >= 0.6 is 0 Å². The molecule has 12 N–H and O–H groups in total. The maximum absolute atomic E-state index is 13.7. The van der Waals surface area contributed by atoms with Crippen LogP contribution in [0.3, 0.4) is 0 Å². The zero-order valence-corrected chi connectivity index (χ0v) is 39.1. The summed E-state index contributed by atoms with van der Waals surface area (Å²) < 4.78 is 52.5. The predicted molar refractivity (Wildman–Crippen MR) is 227 cm³/mol. The second kappa shape index (κ2) is 20.8. The van der Waals surface area contributed by atoms with Gasteiger partial charge in [0.25, 0.3) is 0 Å². The summed E-state index contributed by atoms with van der Waals surface area (Å²) in [5.74, 6) is -0.114. The summed E-state index contributed by atoms with van der Waals surface area (Å²) in [6, 6.07) is 0. The van der Waals surface area contributed by atoms with Crippen molar-refractivity contribution in [2.75, 3.05) is 26.9 Å².